The number of nitrogens with zero attached hydrogens (tertiary/aromatic N) is 2. The Morgan fingerprint density at radius 1 is 0.912 bits per heavy atom. The molecule has 3 aliphatic rings. The van der Waals surface area contributed by atoms with E-state index in [0.29, 0.717) is 31.7 Å². The Kier molecular flexibility index (Phi) is 5.98. The van der Waals surface area contributed by atoms with Crippen LogP contribution in [0.4, 0.5) is 0 Å². The molecule has 8 heteroatoms. The van der Waals surface area contributed by atoms with Crippen LogP contribution < -0.4 is 5.73 Å². The zero-order chi connectivity index (χ0) is 23.9. The average Bonchev–Trinajstić information content (AvgIpc) is 3.68. The van der Waals surface area contributed by atoms with Gasteiger partial charge in [-0.25, -0.2) is 8.42 Å². The number of rotatable bonds is 6. The summed E-state index contributed by atoms with van der Waals surface area (Å²) in [6, 6.07) is 15.0. The second-order valence-corrected chi connectivity index (χ2v) is 12.2. The minimum atomic E-state index is -3.07. The Balaban J connectivity index is 1.21. The van der Waals surface area contributed by atoms with Crippen LogP contribution in [0.5, 0.6) is 0 Å². The van der Waals surface area contributed by atoms with Crippen LogP contribution in [-0.2, 0) is 20.4 Å². The molecule has 1 saturated heterocycles. The zero-order valence-corrected chi connectivity index (χ0v) is 20.1. The van der Waals surface area contributed by atoms with Crippen molar-refractivity contribution in [3.05, 3.63) is 59.7 Å². The molecule has 5 rings (SSSR count). The lowest BCUT2D eigenvalue weighted by atomic mass is 9.76. The fraction of sp³-hybridized carbons (Fsp3) is 0.462. The van der Waals surface area contributed by atoms with E-state index in [9.17, 15) is 18.0 Å². The topological polar surface area (TPSA) is 101 Å². The molecule has 1 aliphatic heterocycles. The highest BCUT2D eigenvalue weighted by molar-refractivity contribution is 7.91. The van der Waals surface area contributed by atoms with Crippen molar-refractivity contribution in [1.29, 1.82) is 0 Å². The summed E-state index contributed by atoms with van der Waals surface area (Å²) in [6.07, 6.45) is 4.04. The Morgan fingerprint density at radius 3 is 2.15 bits per heavy atom. The van der Waals surface area contributed by atoms with Gasteiger partial charge in [-0.1, -0.05) is 36.4 Å². The van der Waals surface area contributed by atoms with Crippen LogP contribution in [-0.4, -0.2) is 67.0 Å². The van der Waals surface area contributed by atoms with Gasteiger partial charge in [-0.05, 0) is 60.9 Å². The first kappa shape index (κ1) is 23.1. The van der Waals surface area contributed by atoms with Crippen LogP contribution in [0.3, 0.4) is 0 Å². The van der Waals surface area contributed by atoms with Crippen molar-refractivity contribution in [2.75, 3.05) is 26.2 Å². The number of nitrogens with two attached hydrogens (primary N) is 1. The molecule has 34 heavy (non-hydrogen) atoms. The van der Waals surface area contributed by atoms with Gasteiger partial charge in [0.15, 0.2) is 9.84 Å². The van der Waals surface area contributed by atoms with Crippen molar-refractivity contribution in [1.82, 2.24) is 9.80 Å². The molecule has 0 spiro atoms. The van der Waals surface area contributed by atoms with Crippen molar-refractivity contribution in [2.24, 2.45) is 5.73 Å². The normalized spacial score (nSPS) is 20.0. The summed E-state index contributed by atoms with van der Waals surface area (Å²) >= 11 is 0. The lowest BCUT2D eigenvalue weighted by molar-refractivity contribution is -0.141. The SMILES string of the molecule is NC1(C(=O)N2CCN(C(=O)c3ccc(-c4cccc(CS(=O)(=O)C5CC5)c4)cc3)CC2)CCC1. The highest BCUT2D eigenvalue weighted by Gasteiger charge is 2.43. The fourth-order valence-electron chi connectivity index (χ4n) is 4.80. The summed E-state index contributed by atoms with van der Waals surface area (Å²) in [5, 5.41) is -0.170. The quantitative estimate of drug-likeness (QED) is 0.684. The molecule has 2 aromatic carbocycles. The largest absolute Gasteiger partial charge is 0.338 e. The van der Waals surface area contributed by atoms with Gasteiger partial charge in [0.05, 0.1) is 16.5 Å². The first-order chi connectivity index (χ1) is 16.2. The molecule has 7 nitrogen and oxygen atoms in total. The summed E-state index contributed by atoms with van der Waals surface area (Å²) < 4.78 is 24.7. The van der Waals surface area contributed by atoms with E-state index >= 15 is 0 Å². The second kappa shape index (κ2) is 8.82. The van der Waals surface area contributed by atoms with Crippen molar-refractivity contribution in [2.45, 2.75) is 48.6 Å². The van der Waals surface area contributed by atoms with Gasteiger partial charge in [0.25, 0.3) is 5.91 Å². The van der Waals surface area contributed by atoms with Crippen molar-refractivity contribution < 1.29 is 18.0 Å². The molecule has 0 radical (unpaired) electrons. The van der Waals surface area contributed by atoms with Gasteiger partial charge in [0, 0.05) is 31.7 Å². The van der Waals surface area contributed by atoms with E-state index < -0.39 is 15.4 Å². The highest BCUT2D eigenvalue weighted by atomic mass is 32.2. The summed E-state index contributed by atoms with van der Waals surface area (Å²) in [5.74, 6) is 0.0401. The zero-order valence-electron chi connectivity index (χ0n) is 19.3. The molecule has 0 aromatic heterocycles. The van der Waals surface area contributed by atoms with Gasteiger partial charge in [0.1, 0.15) is 0 Å². The van der Waals surface area contributed by atoms with Crippen LogP contribution >= 0.6 is 0 Å². The van der Waals surface area contributed by atoms with Crippen LogP contribution in [0.2, 0.25) is 0 Å². The number of benzene rings is 2. The number of amides is 2. The third-order valence-corrected chi connectivity index (χ3v) is 9.54. The van der Waals surface area contributed by atoms with Gasteiger partial charge in [0.2, 0.25) is 5.91 Å². The molecule has 2 aromatic rings. The highest BCUT2D eigenvalue weighted by Crippen LogP contribution is 2.32. The number of carbonyl (C=O) groups is 2. The van der Waals surface area contributed by atoms with E-state index in [4.69, 9.17) is 5.73 Å². The van der Waals surface area contributed by atoms with Crippen LogP contribution in [0, 0.1) is 0 Å². The molecule has 0 bridgehead atoms. The maximum Gasteiger partial charge on any atom is 0.253 e. The third kappa shape index (κ3) is 4.61. The average molecular weight is 482 g/mol. The summed E-state index contributed by atoms with van der Waals surface area (Å²) in [6.45, 7) is 2.02. The van der Waals surface area contributed by atoms with Crippen molar-refractivity contribution >= 4 is 21.7 Å². The van der Waals surface area contributed by atoms with E-state index in [-0.39, 0.29) is 22.8 Å². The fourth-order valence-corrected chi connectivity index (χ4v) is 6.54. The van der Waals surface area contributed by atoms with E-state index in [0.717, 1.165) is 48.8 Å². The number of hydrogen-bond donors (Lipinski definition) is 1. The predicted octanol–water partition coefficient (Wildman–Crippen LogP) is 2.60. The van der Waals surface area contributed by atoms with Crippen LogP contribution in [0.25, 0.3) is 11.1 Å². The number of carbonyl (C=O) groups excluding carboxylic acids is 2. The third-order valence-electron chi connectivity index (χ3n) is 7.32. The maximum atomic E-state index is 13.0. The summed E-state index contributed by atoms with van der Waals surface area (Å²) in [5.41, 5.74) is 8.75. The Bertz CT molecular complexity index is 1190. The number of sulfone groups is 1. The van der Waals surface area contributed by atoms with E-state index in [1.807, 2.05) is 48.5 Å². The minimum absolute atomic E-state index is 0.0161. The molecule has 2 amide bonds. The molecule has 3 fully saturated rings. The van der Waals surface area contributed by atoms with Gasteiger partial charge in [-0.3, -0.25) is 9.59 Å². The van der Waals surface area contributed by atoms with Gasteiger partial charge in [-0.15, -0.1) is 0 Å². The van der Waals surface area contributed by atoms with E-state index in [1.165, 1.54) is 0 Å². The predicted molar refractivity (Wildman–Crippen MR) is 131 cm³/mol. The molecule has 0 atom stereocenters. The van der Waals surface area contributed by atoms with Crippen LogP contribution in [0.1, 0.15) is 48.0 Å². The van der Waals surface area contributed by atoms with E-state index in [2.05, 4.69) is 0 Å². The smallest absolute Gasteiger partial charge is 0.253 e. The Labute approximate surface area is 200 Å². The van der Waals surface area contributed by atoms with Crippen molar-refractivity contribution in [3.63, 3.8) is 0 Å². The molecular formula is C26H31N3O4S. The lowest BCUT2D eigenvalue weighted by Crippen LogP contribution is -2.62. The van der Waals surface area contributed by atoms with Gasteiger partial charge < -0.3 is 15.5 Å². The molecule has 0 unspecified atom stereocenters. The van der Waals surface area contributed by atoms with E-state index in [1.54, 1.807) is 9.80 Å². The Hall–Kier alpha value is -2.71. The first-order valence-electron chi connectivity index (χ1n) is 12.0. The minimum Gasteiger partial charge on any atom is -0.338 e. The lowest BCUT2D eigenvalue weighted by Gasteiger charge is -2.43. The summed E-state index contributed by atoms with van der Waals surface area (Å²) in [4.78, 5) is 29.2. The number of hydrogen-bond acceptors (Lipinski definition) is 5. The molecular weight excluding hydrogens is 450 g/mol. The molecule has 2 N–H and O–H groups in total. The molecule has 2 saturated carbocycles. The van der Waals surface area contributed by atoms with Gasteiger partial charge in [-0.2, -0.15) is 0 Å². The first-order valence-corrected chi connectivity index (χ1v) is 13.8. The summed E-state index contributed by atoms with van der Waals surface area (Å²) in [7, 11) is -3.07. The van der Waals surface area contributed by atoms with Crippen molar-refractivity contribution in [3.8, 4) is 11.1 Å². The second-order valence-electron chi connectivity index (χ2n) is 9.88. The van der Waals surface area contributed by atoms with Crippen LogP contribution in [0.15, 0.2) is 48.5 Å². The monoisotopic (exact) mass is 481 g/mol. The standard InChI is InChI=1S/C26H31N3O4S/c27-26(11-2-12-26)25(31)29-15-13-28(14-16-29)24(30)21-7-5-20(6-8-21)22-4-1-3-19(17-22)18-34(32,33)23-9-10-23/h1,3-8,17,23H,2,9-16,18,27H2. The molecule has 1 heterocycles. The number of piperazine rings is 1. The van der Waals surface area contributed by atoms with Gasteiger partial charge >= 0.3 is 0 Å². The maximum absolute atomic E-state index is 13.0. The Morgan fingerprint density at radius 2 is 1.56 bits per heavy atom. The molecule has 2 aliphatic carbocycles. The molecule has 180 valence electrons.